The highest BCUT2D eigenvalue weighted by Crippen LogP contribution is 2.49. The number of aromatic nitrogens is 3. The molecule has 0 bridgehead atoms. The van der Waals surface area contributed by atoms with E-state index < -0.39 is 0 Å². The summed E-state index contributed by atoms with van der Waals surface area (Å²) in [6, 6.07) is 17.1. The molecule has 8 heteroatoms. The molecule has 2 fully saturated rings. The Labute approximate surface area is 232 Å². The number of hydrogen-bond acceptors (Lipinski definition) is 4. The number of hydrogen-bond donors (Lipinski definition) is 0. The van der Waals surface area contributed by atoms with Gasteiger partial charge in [0.05, 0.1) is 11.7 Å². The average molecular weight is 538 g/mol. The summed E-state index contributed by atoms with van der Waals surface area (Å²) < 4.78 is 17.2. The Kier molecular flexibility index (Phi) is 5.77. The fraction of sp³-hybridized carbons (Fsp3) is 0.375. The Morgan fingerprint density at radius 2 is 1.85 bits per heavy atom. The summed E-state index contributed by atoms with van der Waals surface area (Å²) in [7, 11) is 3.50. The summed E-state index contributed by atoms with van der Waals surface area (Å²) >= 11 is 0. The Hall–Kier alpha value is -4.07. The fourth-order valence-electron chi connectivity index (χ4n) is 6.24. The Balaban J connectivity index is 1.20. The van der Waals surface area contributed by atoms with Gasteiger partial charge in [0.25, 0.3) is 5.91 Å². The highest BCUT2D eigenvalue weighted by molar-refractivity contribution is 5.93. The number of fused-ring (bicyclic) bond motifs is 2. The third kappa shape index (κ3) is 4.17. The molecule has 0 radical (unpaired) electrons. The molecule has 0 spiro atoms. The zero-order chi connectivity index (χ0) is 27.7. The van der Waals surface area contributed by atoms with E-state index in [0.29, 0.717) is 35.1 Å². The van der Waals surface area contributed by atoms with Crippen molar-refractivity contribution in [2.75, 3.05) is 20.6 Å². The SMILES string of the molecule is C[C@@H]1c2ccccc2CCN1C(=O)c1cc(C2CC2)n2nc(-c3ccc([C@H]4C[C@@H]4C(=O)N(C)C)cc3F)cc2n1. The lowest BCUT2D eigenvalue weighted by molar-refractivity contribution is -0.130. The summed E-state index contributed by atoms with van der Waals surface area (Å²) in [5.41, 5.74) is 6.09. The van der Waals surface area contributed by atoms with Gasteiger partial charge in [0.1, 0.15) is 11.5 Å². The van der Waals surface area contributed by atoms with Crippen LogP contribution in [-0.4, -0.2) is 56.9 Å². The summed E-state index contributed by atoms with van der Waals surface area (Å²) in [6.45, 7) is 2.71. The molecule has 204 valence electrons. The van der Waals surface area contributed by atoms with Crippen LogP contribution < -0.4 is 0 Å². The number of nitrogens with zero attached hydrogens (tertiary/aromatic N) is 5. The zero-order valence-electron chi connectivity index (χ0n) is 23.0. The minimum Gasteiger partial charge on any atom is -0.349 e. The molecule has 4 aromatic rings. The predicted molar refractivity (Wildman–Crippen MR) is 149 cm³/mol. The van der Waals surface area contributed by atoms with Gasteiger partial charge in [-0.3, -0.25) is 9.59 Å². The van der Waals surface area contributed by atoms with E-state index in [-0.39, 0.29) is 35.5 Å². The standard InChI is InChI=1S/C32H32FN5O2/c1-18-22-7-5-4-6-19(22)12-13-37(18)32(40)28-16-29(20-8-9-20)38-30(34-28)17-27(35-38)23-11-10-21(14-26(23)33)24-15-25(24)31(39)36(2)3/h4-7,10-11,14,16-18,20,24-25H,8-9,12-13,15H2,1-3H3/t18-,24-,25+/m1/s1. The van der Waals surface area contributed by atoms with Crippen molar-refractivity contribution in [1.29, 1.82) is 0 Å². The monoisotopic (exact) mass is 537 g/mol. The maximum Gasteiger partial charge on any atom is 0.273 e. The Morgan fingerprint density at radius 1 is 1.05 bits per heavy atom. The molecule has 7 rings (SSSR count). The van der Waals surface area contributed by atoms with Crippen molar-refractivity contribution >= 4 is 17.5 Å². The van der Waals surface area contributed by atoms with Gasteiger partial charge >= 0.3 is 0 Å². The van der Waals surface area contributed by atoms with Crippen molar-refractivity contribution < 1.29 is 14.0 Å². The molecule has 0 unspecified atom stereocenters. The molecule has 2 aromatic heterocycles. The molecule has 3 atom stereocenters. The molecule has 2 aromatic carbocycles. The van der Waals surface area contributed by atoms with Gasteiger partial charge < -0.3 is 9.80 Å². The number of carbonyl (C=O) groups is 2. The first-order valence-corrected chi connectivity index (χ1v) is 14.1. The van der Waals surface area contributed by atoms with Crippen LogP contribution in [0.3, 0.4) is 0 Å². The van der Waals surface area contributed by atoms with Gasteiger partial charge in [-0.2, -0.15) is 5.10 Å². The second-order valence-electron chi connectivity index (χ2n) is 11.7. The molecule has 2 amide bonds. The van der Waals surface area contributed by atoms with E-state index in [4.69, 9.17) is 10.1 Å². The minimum absolute atomic E-state index is 0.0352. The third-order valence-electron chi connectivity index (χ3n) is 8.77. The molecule has 1 aliphatic heterocycles. The topological polar surface area (TPSA) is 70.8 Å². The van der Waals surface area contributed by atoms with Crippen LogP contribution >= 0.6 is 0 Å². The molecular formula is C32H32FN5O2. The Bertz CT molecular complexity index is 1670. The minimum atomic E-state index is -0.367. The van der Waals surface area contributed by atoms with E-state index in [0.717, 1.165) is 36.9 Å². The Morgan fingerprint density at radius 3 is 2.60 bits per heavy atom. The lowest BCUT2D eigenvalue weighted by Gasteiger charge is -2.35. The number of halogens is 1. The molecule has 2 aliphatic carbocycles. The number of amides is 2. The van der Waals surface area contributed by atoms with Gasteiger partial charge in [0, 0.05) is 49.8 Å². The van der Waals surface area contributed by atoms with Crippen molar-refractivity contribution in [3.05, 3.63) is 88.5 Å². The summed E-state index contributed by atoms with van der Waals surface area (Å²) in [5.74, 6) is -0.0716. The maximum absolute atomic E-state index is 15.4. The molecule has 40 heavy (non-hydrogen) atoms. The van der Waals surface area contributed by atoms with Crippen LogP contribution in [0.2, 0.25) is 0 Å². The van der Waals surface area contributed by atoms with Crippen molar-refractivity contribution in [1.82, 2.24) is 24.4 Å². The van der Waals surface area contributed by atoms with E-state index in [1.165, 1.54) is 17.2 Å². The highest BCUT2D eigenvalue weighted by Gasteiger charge is 2.45. The van der Waals surface area contributed by atoms with Crippen LogP contribution in [0, 0.1) is 11.7 Å². The van der Waals surface area contributed by atoms with Crippen LogP contribution in [0.5, 0.6) is 0 Å². The van der Waals surface area contributed by atoms with Gasteiger partial charge in [-0.15, -0.1) is 0 Å². The van der Waals surface area contributed by atoms with Crippen LogP contribution in [-0.2, 0) is 11.2 Å². The van der Waals surface area contributed by atoms with Crippen molar-refractivity contribution in [3.8, 4) is 11.3 Å². The normalized spacial score (nSPS) is 21.8. The summed E-state index contributed by atoms with van der Waals surface area (Å²) in [6.07, 6.45) is 3.64. The molecule has 3 aliphatic rings. The molecule has 0 saturated heterocycles. The summed E-state index contributed by atoms with van der Waals surface area (Å²) in [5, 5.41) is 4.75. The number of rotatable bonds is 5. The van der Waals surface area contributed by atoms with Crippen molar-refractivity contribution in [2.45, 2.75) is 50.5 Å². The van der Waals surface area contributed by atoms with E-state index >= 15 is 4.39 Å². The largest absolute Gasteiger partial charge is 0.349 e. The average Bonchev–Trinajstić information content (AvgIpc) is 3.88. The van der Waals surface area contributed by atoms with Gasteiger partial charge in [-0.1, -0.05) is 30.3 Å². The fourth-order valence-corrected chi connectivity index (χ4v) is 6.24. The summed E-state index contributed by atoms with van der Waals surface area (Å²) in [4.78, 5) is 34.3. The van der Waals surface area contributed by atoms with Gasteiger partial charge in [0.2, 0.25) is 5.91 Å². The molecular weight excluding hydrogens is 505 g/mol. The van der Waals surface area contributed by atoms with Crippen molar-refractivity contribution in [2.24, 2.45) is 5.92 Å². The molecule has 0 N–H and O–H groups in total. The third-order valence-corrected chi connectivity index (χ3v) is 8.77. The molecule has 2 saturated carbocycles. The smallest absolute Gasteiger partial charge is 0.273 e. The van der Waals surface area contributed by atoms with E-state index in [1.54, 1.807) is 35.6 Å². The van der Waals surface area contributed by atoms with Crippen LogP contribution in [0.1, 0.15) is 76.9 Å². The van der Waals surface area contributed by atoms with Crippen LogP contribution in [0.25, 0.3) is 16.9 Å². The predicted octanol–water partition coefficient (Wildman–Crippen LogP) is 5.36. The number of carbonyl (C=O) groups excluding carboxylic acids is 2. The second-order valence-corrected chi connectivity index (χ2v) is 11.7. The first-order chi connectivity index (χ1) is 19.3. The maximum atomic E-state index is 15.4. The zero-order valence-corrected chi connectivity index (χ0v) is 23.0. The lowest BCUT2D eigenvalue weighted by atomic mass is 9.93. The van der Waals surface area contributed by atoms with Crippen LogP contribution in [0.15, 0.2) is 54.6 Å². The van der Waals surface area contributed by atoms with E-state index in [1.807, 2.05) is 29.2 Å². The highest BCUT2D eigenvalue weighted by atomic mass is 19.1. The van der Waals surface area contributed by atoms with Crippen LogP contribution in [0.4, 0.5) is 4.39 Å². The van der Waals surface area contributed by atoms with Gasteiger partial charge in [-0.25, -0.2) is 13.9 Å². The molecule has 7 nitrogen and oxygen atoms in total. The van der Waals surface area contributed by atoms with Gasteiger partial charge in [0.15, 0.2) is 5.65 Å². The quantitative estimate of drug-likeness (QED) is 0.344. The van der Waals surface area contributed by atoms with Gasteiger partial charge in [-0.05, 0) is 73.4 Å². The van der Waals surface area contributed by atoms with Crippen molar-refractivity contribution in [3.63, 3.8) is 0 Å². The first-order valence-electron chi connectivity index (χ1n) is 14.1. The van der Waals surface area contributed by atoms with E-state index in [2.05, 4.69) is 19.1 Å². The van der Waals surface area contributed by atoms with E-state index in [9.17, 15) is 9.59 Å². The molecule has 3 heterocycles. The number of benzene rings is 2. The lowest BCUT2D eigenvalue weighted by Crippen LogP contribution is -2.39. The first kappa shape index (κ1) is 24.9. The second kappa shape index (κ2) is 9.25.